The molecule has 1 heterocycles. The van der Waals surface area contributed by atoms with Gasteiger partial charge in [-0.1, -0.05) is 15.9 Å². The Morgan fingerprint density at radius 1 is 1.33 bits per heavy atom. The molecule has 0 amide bonds. The van der Waals surface area contributed by atoms with Crippen LogP contribution in [0.15, 0.2) is 36.5 Å². The van der Waals surface area contributed by atoms with E-state index in [9.17, 15) is 9.18 Å². The average Bonchev–Trinajstić information content (AvgIpc) is 2.53. The van der Waals surface area contributed by atoms with E-state index in [1.54, 1.807) is 18.2 Å². The van der Waals surface area contributed by atoms with E-state index in [2.05, 4.69) is 20.9 Å². The third-order valence-electron chi connectivity index (χ3n) is 2.81. The summed E-state index contributed by atoms with van der Waals surface area (Å²) in [6.45, 7) is -0.0191. The first-order valence-corrected chi connectivity index (χ1v) is 7.27. The maximum atomic E-state index is 13.5. The van der Waals surface area contributed by atoms with E-state index in [-0.39, 0.29) is 23.4 Å². The van der Waals surface area contributed by atoms with Crippen LogP contribution in [0.5, 0.6) is 11.5 Å². The number of hydrogen-bond acceptors (Lipinski definition) is 4. The van der Waals surface area contributed by atoms with Gasteiger partial charge in [0.15, 0.2) is 17.3 Å². The van der Waals surface area contributed by atoms with Crippen LogP contribution in [0.1, 0.15) is 16.1 Å². The minimum absolute atomic E-state index is 0.0191. The van der Waals surface area contributed by atoms with Crippen LogP contribution in [0.3, 0.4) is 0 Å². The molecule has 0 unspecified atom stereocenters. The smallest absolute Gasteiger partial charge is 0.173 e. The molecule has 1 aromatic heterocycles. The highest BCUT2D eigenvalue weighted by molar-refractivity contribution is 9.09. The van der Waals surface area contributed by atoms with E-state index in [1.807, 2.05) is 0 Å². The molecule has 2 rings (SSSR count). The lowest BCUT2D eigenvalue weighted by molar-refractivity contribution is 0.102. The second-order valence-electron chi connectivity index (χ2n) is 4.14. The first kappa shape index (κ1) is 15.4. The number of benzene rings is 1. The summed E-state index contributed by atoms with van der Waals surface area (Å²) in [5.74, 6) is 0.352. The number of halogens is 2. The Kier molecular flexibility index (Phi) is 5.27. The molecule has 1 aromatic carbocycles. The summed E-state index contributed by atoms with van der Waals surface area (Å²) < 4.78 is 24.2. The second kappa shape index (κ2) is 7.17. The lowest BCUT2D eigenvalue weighted by Gasteiger charge is -2.11. The van der Waals surface area contributed by atoms with Crippen molar-refractivity contribution in [2.45, 2.75) is 6.61 Å². The van der Waals surface area contributed by atoms with Crippen molar-refractivity contribution in [2.24, 2.45) is 0 Å². The third-order valence-corrected chi connectivity index (χ3v) is 3.32. The van der Waals surface area contributed by atoms with E-state index >= 15 is 0 Å². The molecule has 6 heteroatoms. The van der Waals surface area contributed by atoms with Gasteiger partial charge < -0.3 is 9.47 Å². The summed E-state index contributed by atoms with van der Waals surface area (Å²) in [6, 6.07) is 7.68. The molecule has 0 bridgehead atoms. The predicted molar refractivity (Wildman–Crippen MR) is 79.6 cm³/mol. The zero-order valence-electron chi connectivity index (χ0n) is 11.3. The molecular formula is C15H13BrFNO3. The van der Waals surface area contributed by atoms with Crippen molar-refractivity contribution < 1.29 is 18.7 Å². The Hall–Kier alpha value is -1.95. The van der Waals surface area contributed by atoms with Gasteiger partial charge in [-0.25, -0.2) is 4.39 Å². The van der Waals surface area contributed by atoms with Crippen LogP contribution < -0.4 is 9.47 Å². The summed E-state index contributed by atoms with van der Waals surface area (Å²) in [4.78, 5) is 15.5. The summed E-state index contributed by atoms with van der Waals surface area (Å²) in [5.41, 5.74) is 0.722. The minimum Gasteiger partial charge on any atom is -0.493 e. The van der Waals surface area contributed by atoms with Gasteiger partial charge in [-0.05, 0) is 30.3 Å². The Balaban J connectivity index is 2.17. The molecule has 0 aliphatic heterocycles. The van der Waals surface area contributed by atoms with Crippen LogP contribution in [-0.4, -0.2) is 23.2 Å². The highest BCUT2D eigenvalue weighted by Gasteiger charge is 2.11. The largest absolute Gasteiger partial charge is 0.493 e. The van der Waals surface area contributed by atoms with Crippen LogP contribution in [0, 0.1) is 5.82 Å². The van der Waals surface area contributed by atoms with E-state index in [4.69, 9.17) is 9.47 Å². The van der Waals surface area contributed by atoms with Gasteiger partial charge in [0.1, 0.15) is 18.1 Å². The summed E-state index contributed by atoms with van der Waals surface area (Å²) >= 11 is 3.11. The van der Waals surface area contributed by atoms with Crippen LogP contribution in [0.4, 0.5) is 4.39 Å². The molecule has 0 radical (unpaired) electrons. The number of Topliss-reactive ketones (excluding diaryl/α,β-unsaturated/α-hetero) is 1. The normalized spacial score (nSPS) is 10.2. The second-order valence-corrected chi connectivity index (χ2v) is 4.70. The van der Waals surface area contributed by atoms with Gasteiger partial charge in [-0.15, -0.1) is 0 Å². The standard InChI is InChI=1S/C15H13BrFNO3/c1-20-15-7-10(13(19)8-16)4-5-14(15)21-9-12-11(17)3-2-6-18-12/h2-7H,8-9H2,1H3. The molecule has 0 spiro atoms. The van der Waals surface area contributed by atoms with Crippen LogP contribution in [0.25, 0.3) is 0 Å². The number of alkyl halides is 1. The van der Waals surface area contributed by atoms with Crippen molar-refractivity contribution in [1.82, 2.24) is 4.98 Å². The van der Waals surface area contributed by atoms with Gasteiger partial charge in [0.2, 0.25) is 0 Å². The number of nitrogens with zero attached hydrogens (tertiary/aromatic N) is 1. The predicted octanol–water partition coefficient (Wildman–Crippen LogP) is 3.39. The molecule has 2 aromatic rings. The summed E-state index contributed by atoms with van der Waals surface area (Å²) in [6.07, 6.45) is 1.50. The quantitative estimate of drug-likeness (QED) is 0.590. The number of ketones is 1. The zero-order valence-corrected chi connectivity index (χ0v) is 12.9. The zero-order chi connectivity index (χ0) is 15.2. The maximum absolute atomic E-state index is 13.5. The van der Waals surface area contributed by atoms with Crippen molar-refractivity contribution in [1.29, 1.82) is 0 Å². The first-order chi connectivity index (χ1) is 10.2. The van der Waals surface area contributed by atoms with E-state index in [0.29, 0.717) is 17.1 Å². The third kappa shape index (κ3) is 3.78. The Bertz CT molecular complexity index is 649. The number of aromatic nitrogens is 1. The number of ether oxygens (including phenoxy) is 2. The van der Waals surface area contributed by atoms with Crippen LogP contribution in [0.2, 0.25) is 0 Å². The molecule has 4 nitrogen and oxygen atoms in total. The monoisotopic (exact) mass is 353 g/mol. The van der Waals surface area contributed by atoms with Gasteiger partial charge in [0, 0.05) is 11.8 Å². The number of carbonyl (C=O) groups is 1. The topological polar surface area (TPSA) is 48.4 Å². The lowest BCUT2D eigenvalue weighted by Crippen LogP contribution is -2.04. The Morgan fingerprint density at radius 2 is 2.14 bits per heavy atom. The maximum Gasteiger partial charge on any atom is 0.173 e. The molecule has 0 aliphatic carbocycles. The molecule has 0 saturated carbocycles. The molecule has 0 saturated heterocycles. The molecule has 21 heavy (non-hydrogen) atoms. The Morgan fingerprint density at radius 3 is 2.81 bits per heavy atom. The van der Waals surface area contributed by atoms with E-state index in [0.717, 1.165) is 0 Å². The van der Waals surface area contributed by atoms with Crippen molar-refractivity contribution in [3.05, 3.63) is 53.6 Å². The fourth-order valence-corrected chi connectivity index (χ4v) is 2.03. The fraction of sp³-hybridized carbons (Fsp3) is 0.200. The summed E-state index contributed by atoms with van der Waals surface area (Å²) in [7, 11) is 1.48. The van der Waals surface area contributed by atoms with Gasteiger partial charge in [-0.3, -0.25) is 9.78 Å². The number of pyridine rings is 1. The molecule has 0 atom stereocenters. The molecule has 110 valence electrons. The Labute approximate surface area is 130 Å². The van der Waals surface area contributed by atoms with Crippen molar-refractivity contribution in [3.63, 3.8) is 0 Å². The van der Waals surface area contributed by atoms with Gasteiger partial charge in [0.05, 0.1) is 12.4 Å². The molecule has 0 fully saturated rings. The molecule has 0 aliphatic rings. The SMILES string of the molecule is COc1cc(C(=O)CBr)ccc1OCc1ncccc1F. The minimum atomic E-state index is -0.428. The number of rotatable bonds is 6. The number of carbonyl (C=O) groups excluding carboxylic acids is 1. The fourth-order valence-electron chi connectivity index (χ4n) is 1.71. The number of hydrogen-bond donors (Lipinski definition) is 0. The number of methoxy groups -OCH3 is 1. The lowest BCUT2D eigenvalue weighted by atomic mass is 10.1. The van der Waals surface area contributed by atoms with Crippen LogP contribution in [-0.2, 0) is 6.61 Å². The van der Waals surface area contributed by atoms with E-state index in [1.165, 1.54) is 25.4 Å². The molecule has 0 N–H and O–H groups in total. The van der Waals surface area contributed by atoms with Crippen molar-refractivity contribution in [2.75, 3.05) is 12.4 Å². The van der Waals surface area contributed by atoms with Crippen LogP contribution >= 0.6 is 15.9 Å². The highest BCUT2D eigenvalue weighted by atomic mass is 79.9. The average molecular weight is 354 g/mol. The van der Waals surface area contributed by atoms with Crippen molar-refractivity contribution >= 4 is 21.7 Å². The summed E-state index contributed by atoms with van der Waals surface area (Å²) in [5, 5.41) is 0.232. The van der Waals surface area contributed by atoms with Crippen molar-refractivity contribution in [3.8, 4) is 11.5 Å². The highest BCUT2D eigenvalue weighted by Crippen LogP contribution is 2.29. The first-order valence-electron chi connectivity index (χ1n) is 6.15. The van der Waals surface area contributed by atoms with Gasteiger partial charge in [0.25, 0.3) is 0 Å². The van der Waals surface area contributed by atoms with E-state index < -0.39 is 5.82 Å². The van der Waals surface area contributed by atoms with Gasteiger partial charge >= 0.3 is 0 Å². The van der Waals surface area contributed by atoms with Gasteiger partial charge in [-0.2, -0.15) is 0 Å². The molecular weight excluding hydrogens is 341 g/mol.